The van der Waals surface area contributed by atoms with Gasteiger partial charge in [0.2, 0.25) is 0 Å². The van der Waals surface area contributed by atoms with Crippen molar-refractivity contribution in [3.05, 3.63) is 29.8 Å². The summed E-state index contributed by atoms with van der Waals surface area (Å²) in [5.41, 5.74) is 0.956. The number of methoxy groups -OCH3 is 1. The molecular weight excluding hydrogens is 258 g/mol. The lowest BCUT2D eigenvalue weighted by Crippen LogP contribution is -2.14. The topological polar surface area (TPSA) is 64.6 Å². The number of hydrogen-bond acceptors (Lipinski definition) is 4. The van der Waals surface area contributed by atoms with Crippen molar-refractivity contribution in [1.29, 1.82) is 0 Å². The second-order valence-electron chi connectivity index (χ2n) is 3.37. The number of hydrogen-bond donors (Lipinski definition) is 1. The molecule has 0 heterocycles. The fourth-order valence-corrected chi connectivity index (χ4v) is 1.29. The van der Waals surface area contributed by atoms with Gasteiger partial charge in [-0.3, -0.25) is 5.32 Å². The number of halogens is 1. The van der Waals surface area contributed by atoms with Crippen LogP contribution in [0.5, 0.6) is 0 Å². The van der Waals surface area contributed by atoms with Gasteiger partial charge >= 0.3 is 12.1 Å². The van der Waals surface area contributed by atoms with E-state index >= 15 is 0 Å². The predicted octanol–water partition coefficient (Wildman–Crippen LogP) is 2.65. The molecule has 0 fully saturated rings. The third kappa shape index (κ3) is 4.63. The summed E-state index contributed by atoms with van der Waals surface area (Å²) in [6, 6.07) is 6.30. The van der Waals surface area contributed by atoms with Gasteiger partial charge in [0, 0.05) is 11.6 Å². The molecule has 0 aliphatic carbocycles. The van der Waals surface area contributed by atoms with E-state index in [4.69, 9.17) is 16.3 Å². The molecule has 1 N–H and O–H groups in total. The van der Waals surface area contributed by atoms with Crippen molar-refractivity contribution < 1.29 is 19.1 Å². The molecule has 18 heavy (non-hydrogen) atoms. The minimum Gasteiger partial charge on any atom is -0.465 e. The molecule has 0 aliphatic heterocycles. The molecule has 5 nitrogen and oxygen atoms in total. The van der Waals surface area contributed by atoms with Crippen molar-refractivity contribution in [2.24, 2.45) is 0 Å². The molecular formula is C12H14ClNO4. The largest absolute Gasteiger partial charge is 0.465 e. The van der Waals surface area contributed by atoms with Gasteiger partial charge in [-0.1, -0.05) is 0 Å². The van der Waals surface area contributed by atoms with Crippen molar-refractivity contribution in [3.8, 4) is 0 Å². The van der Waals surface area contributed by atoms with Gasteiger partial charge in [-0.05, 0) is 30.7 Å². The first-order chi connectivity index (χ1) is 8.67. The SMILES string of the molecule is COC(=O)c1ccc(NC(=O)OCCCCl)cc1. The molecule has 0 aromatic heterocycles. The first-order valence-electron chi connectivity index (χ1n) is 5.35. The highest BCUT2D eigenvalue weighted by atomic mass is 35.5. The van der Waals surface area contributed by atoms with E-state index in [1.165, 1.54) is 7.11 Å². The number of ether oxygens (including phenoxy) is 2. The summed E-state index contributed by atoms with van der Waals surface area (Å²) >= 11 is 5.45. The molecule has 1 aromatic rings. The maximum atomic E-state index is 11.3. The smallest absolute Gasteiger partial charge is 0.411 e. The van der Waals surface area contributed by atoms with Crippen molar-refractivity contribution in [2.75, 3.05) is 24.9 Å². The third-order valence-electron chi connectivity index (χ3n) is 2.06. The van der Waals surface area contributed by atoms with Crippen molar-refractivity contribution in [3.63, 3.8) is 0 Å². The van der Waals surface area contributed by atoms with Gasteiger partial charge in [-0.25, -0.2) is 9.59 Å². The van der Waals surface area contributed by atoms with E-state index in [-0.39, 0.29) is 6.61 Å². The van der Waals surface area contributed by atoms with Crippen LogP contribution < -0.4 is 5.32 Å². The van der Waals surface area contributed by atoms with Crippen LogP contribution in [0.4, 0.5) is 10.5 Å². The van der Waals surface area contributed by atoms with E-state index in [2.05, 4.69) is 10.1 Å². The molecule has 0 spiro atoms. The fourth-order valence-electron chi connectivity index (χ4n) is 1.18. The van der Waals surface area contributed by atoms with Crippen molar-refractivity contribution in [2.45, 2.75) is 6.42 Å². The van der Waals surface area contributed by atoms with Gasteiger partial charge in [0.15, 0.2) is 0 Å². The average Bonchev–Trinajstić information content (AvgIpc) is 2.39. The molecule has 1 rings (SSSR count). The molecule has 0 radical (unpaired) electrons. The van der Waals surface area contributed by atoms with Crippen LogP contribution in [0.3, 0.4) is 0 Å². The Labute approximate surface area is 110 Å². The standard InChI is InChI=1S/C12H14ClNO4/c1-17-11(15)9-3-5-10(6-4-9)14-12(16)18-8-2-7-13/h3-6H,2,7-8H2,1H3,(H,14,16). The maximum absolute atomic E-state index is 11.3. The Morgan fingerprint density at radius 2 is 1.94 bits per heavy atom. The summed E-state index contributed by atoms with van der Waals surface area (Å²) < 4.78 is 9.42. The van der Waals surface area contributed by atoms with Crippen LogP contribution in [0.15, 0.2) is 24.3 Å². The monoisotopic (exact) mass is 271 g/mol. The van der Waals surface area contributed by atoms with Crippen LogP contribution in [-0.4, -0.2) is 31.7 Å². The van der Waals surface area contributed by atoms with Gasteiger partial charge in [-0.2, -0.15) is 0 Å². The Kier molecular flexibility index (Phi) is 6.00. The molecule has 6 heteroatoms. The van der Waals surface area contributed by atoms with Gasteiger partial charge in [-0.15, -0.1) is 11.6 Å². The minimum absolute atomic E-state index is 0.273. The molecule has 0 unspecified atom stereocenters. The molecule has 0 atom stereocenters. The summed E-state index contributed by atoms with van der Waals surface area (Å²) in [6.45, 7) is 0.273. The second-order valence-corrected chi connectivity index (χ2v) is 3.75. The zero-order chi connectivity index (χ0) is 13.4. The predicted molar refractivity (Wildman–Crippen MR) is 68.1 cm³/mol. The Hall–Kier alpha value is -1.75. The lowest BCUT2D eigenvalue weighted by Gasteiger charge is -2.06. The van der Waals surface area contributed by atoms with Crippen molar-refractivity contribution >= 4 is 29.4 Å². The number of carbonyl (C=O) groups excluding carboxylic acids is 2. The Morgan fingerprint density at radius 1 is 1.28 bits per heavy atom. The fraction of sp³-hybridized carbons (Fsp3) is 0.333. The van der Waals surface area contributed by atoms with Crippen LogP contribution in [0.25, 0.3) is 0 Å². The second kappa shape index (κ2) is 7.55. The summed E-state index contributed by atoms with van der Waals surface area (Å²) in [6.07, 6.45) is 0.0573. The summed E-state index contributed by atoms with van der Waals surface area (Å²) in [7, 11) is 1.31. The molecule has 98 valence electrons. The zero-order valence-electron chi connectivity index (χ0n) is 9.94. The lowest BCUT2D eigenvalue weighted by molar-refractivity contribution is 0.0600. The van der Waals surface area contributed by atoms with Gasteiger partial charge < -0.3 is 9.47 Å². The Balaban J connectivity index is 2.48. The number of carbonyl (C=O) groups is 2. The van der Waals surface area contributed by atoms with E-state index in [1.807, 2.05) is 0 Å². The highest BCUT2D eigenvalue weighted by Crippen LogP contribution is 2.10. The van der Waals surface area contributed by atoms with Crippen LogP contribution in [0.2, 0.25) is 0 Å². The number of benzene rings is 1. The normalized spacial score (nSPS) is 9.67. The van der Waals surface area contributed by atoms with E-state index in [9.17, 15) is 9.59 Å². The summed E-state index contributed by atoms with van der Waals surface area (Å²) in [5.74, 6) is 0.0208. The van der Waals surface area contributed by atoms with Crippen LogP contribution in [0.1, 0.15) is 16.8 Å². The minimum atomic E-state index is -0.550. The average molecular weight is 272 g/mol. The number of anilines is 1. The first kappa shape index (κ1) is 14.3. The Morgan fingerprint density at radius 3 is 2.50 bits per heavy atom. The highest BCUT2D eigenvalue weighted by molar-refractivity contribution is 6.17. The first-order valence-corrected chi connectivity index (χ1v) is 5.89. The quantitative estimate of drug-likeness (QED) is 0.508. The summed E-state index contributed by atoms with van der Waals surface area (Å²) in [4.78, 5) is 22.5. The molecule has 0 aliphatic rings. The zero-order valence-corrected chi connectivity index (χ0v) is 10.7. The van der Waals surface area contributed by atoms with Crippen molar-refractivity contribution in [1.82, 2.24) is 0 Å². The van der Waals surface area contributed by atoms with Gasteiger partial charge in [0.25, 0.3) is 0 Å². The Bertz CT molecular complexity index is 405. The van der Waals surface area contributed by atoms with Crippen LogP contribution in [0, 0.1) is 0 Å². The molecule has 0 bridgehead atoms. The molecule has 0 saturated carbocycles. The van der Waals surface area contributed by atoms with E-state index in [0.29, 0.717) is 23.6 Å². The number of amides is 1. The lowest BCUT2D eigenvalue weighted by atomic mass is 10.2. The van der Waals surface area contributed by atoms with E-state index in [0.717, 1.165) is 0 Å². The molecule has 1 amide bonds. The maximum Gasteiger partial charge on any atom is 0.411 e. The molecule has 0 saturated heterocycles. The van der Waals surface area contributed by atoms with E-state index in [1.54, 1.807) is 24.3 Å². The number of rotatable bonds is 5. The van der Waals surface area contributed by atoms with Gasteiger partial charge in [0.1, 0.15) is 0 Å². The summed E-state index contributed by atoms with van der Waals surface area (Å²) in [5, 5.41) is 2.53. The van der Waals surface area contributed by atoms with E-state index < -0.39 is 12.1 Å². The number of alkyl halides is 1. The van der Waals surface area contributed by atoms with Crippen LogP contribution >= 0.6 is 11.6 Å². The molecule has 1 aromatic carbocycles. The van der Waals surface area contributed by atoms with Gasteiger partial charge in [0.05, 0.1) is 19.3 Å². The van der Waals surface area contributed by atoms with Crippen LogP contribution in [-0.2, 0) is 9.47 Å². The number of esters is 1. The number of nitrogens with one attached hydrogen (secondary N) is 1. The third-order valence-corrected chi connectivity index (χ3v) is 2.33. The highest BCUT2D eigenvalue weighted by Gasteiger charge is 2.06.